The van der Waals surface area contributed by atoms with Gasteiger partial charge in [0, 0.05) is 13.1 Å². The van der Waals surface area contributed by atoms with Gasteiger partial charge in [0.1, 0.15) is 0 Å². The molecule has 0 aliphatic carbocycles. The van der Waals surface area contributed by atoms with Gasteiger partial charge in [-0.2, -0.15) is 0 Å². The molecule has 0 radical (unpaired) electrons. The van der Waals surface area contributed by atoms with Crippen LogP contribution in [0, 0.1) is 0 Å². The number of amides is 1. The highest BCUT2D eigenvalue weighted by Gasteiger charge is 2.35. The molecule has 1 aromatic rings. The molecule has 1 aromatic heterocycles. The van der Waals surface area contributed by atoms with Crippen LogP contribution >= 0.6 is 11.3 Å². The Bertz CT molecular complexity index is 364. The largest absolute Gasteiger partial charge is 0.390 e. The van der Waals surface area contributed by atoms with Gasteiger partial charge in [-0.3, -0.25) is 4.79 Å². The molecule has 0 bridgehead atoms. The molecule has 0 aromatic carbocycles. The highest BCUT2D eigenvalue weighted by Crippen LogP contribution is 2.19. The fraction of sp³-hybridized carbons (Fsp3) is 0.545. The zero-order valence-electron chi connectivity index (χ0n) is 9.46. The maximum Gasteiger partial charge on any atom is 0.264 e. The van der Waals surface area contributed by atoms with Crippen LogP contribution < -0.4 is 0 Å². The molecule has 1 saturated heterocycles. The van der Waals surface area contributed by atoms with Gasteiger partial charge in [-0.15, -0.1) is 11.3 Å². The predicted octanol–water partition coefficient (Wildman–Crippen LogP) is 0.495. The van der Waals surface area contributed by atoms with Crippen LogP contribution in [0.2, 0.25) is 0 Å². The second kappa shape index (κ2) is 4.53. The van der Waals surface area contributed by atoms with Crippen molar-refractivity contribution in [3.05, 3.63) is 22.4 Å². The number of likely N-dealkylation sites (tertiary alicyclic amines) is 1. The summed E-state index contributed by atoms with van der Waals surface area (Å²) in [5, 5.41) is 11.7. The molecule has 1 fully saturated rings. The monoisotopic (exact) mass is 240 g/mol. The maximum absolute atomic E-state index is 12.0. The minimum Gasteiger partial charge on any atom is -0.390 e. The number of aliphatic hydroxyl groups is 1. The number of nitrogens with zero attached hydrogens (tertiary/aromatic N) is 2. The van der Waals surface area contributed by atoms with Gasteiger partial charge >= 0.3 is 0 Å². The normalized spacial score (nSPS) is 25.4. The summed E-state index contributed by atoms with van der Waals surface area (Å²) >= 11 is 1.44. The number of hydrogen-bond donors (Lipinski definition) is 1. The Morgan fingerprint density at radius 1 is 1.56 bits per heavy atom. The average Bonchev–Trinajstić information content (AvgIpc) is 2.84. The molecule has 1 aliphatic rings. The third-order valence-electron chi connectivity index (χ3n) is 2.94. The molecule has 1 N–H and O–H groups in total. The summed E-state index contributed by atoms with van der Waals surface area (Å²) in [7, 11) is 3.85. The molecule has 0 spiro atoms. The van der Waals surface area contributed by atoms with Gasteiger partial charge in [-0.25, -0.2) is 0 Å². The first kappa shape index (κ1) is 11.6. The first-order chi connectivity index (χ1) is 7.59. The van der Waals surface area contributed by atoms with E-state index in [1.165, 1.54) is 11.3 Å². The molecule has 5 heteroatoms. The number of carbonyl (C=O) groups is 1. The van der Waals surface area contributed by atoms with Crippen molar-refractivity contribution in [1.82, 2.24) is 9.80 Å². The molecule has 1 aliphatic heterocycles. The lowest BCUT2D eigenvalue weighted by molar-refractivity contribution is 0.0768. The second-order valence-electron chi connectivity index (χ2n) is 4.29. The van der Waals surface area contributed by atoms with Crippen molar-refractivity contribution in [2.75, 3.05) is 27.2 Å². The Balaban J connectivity index is 2.06. The Labute approximate surface area is 99.1 Å². The molecule has 0 saturated carbocycles. The molecular weight excluding hydrogens is 224 g/mol. The fourth-order valence-corrected chi connectivity index (χ4v) is 2.69. The van der Waals surface area contributed by atoms with Gasteiger partial charge in [0.25, 0.3) is 5.91 Å². The summed E-state index contributed by atoms with van der Waals surface area (Å²) in [6.45, 7) is 1.03. The fourth-order valence-electron chi connectivity index (χ4n) is 2.00. The van der Waals surface area contributed by atoms with E-state index in [0.717, 1.165) is 4.88 Å². The summed E-state index contributed by atoms with van der Waals surface area (Å²) in [5.74, 6) is 0.0263. The first-order valence-electron chi connectivity index (χ1n) is 5.27. The van der Waals surface area contributed by atoms with E-state index in [-0.39, 0.29) is 11.9 Å². The molecule has 1 amide bonds. The number of rotatable bonds is 2. The van der Waals surface area contributed by atoms with E-state index in [1.54, 1.807) is 4.90 Å². The lowest BCUT2D eigenvalue weighted by Crippen LogP contribution is -2.38. The van der Waals surface area contributed by atoms with E-state index in [2.05, 4.69) is 0 Å². The van der Waals surface area contributed by atoms with Gasteiger partial charge in [-0.1, -0.05) is 6.07 Å². The lowest BCUT2D eigenvalue weighted by atomic mass is 10.2. The average molecular weight is 240 g/mol. The van der Waals surface area contributed by atoms with E-state index in [9.17, 15) is 9.90 Å². The number of aliphatic hydroxyl groups excluding tert-OH is 1. The van der Waals surface area contributed by atoms with E-state index in [0.29, 0.717) is 13.1 Å². The highest BCUT2D eigenvalue weighted by molar-refractivity contribution is 7.12. The molecular formula is C11H16N2O2S. The molecule has 16 heavy (non-hydrogen) atoms. The molecule has 4 nitrogen and oxygen atoms in total. The van der Waals surface area contributed by atoms with E-state index in [1.807, 2.05) is 36.5 Å². The van der Waals surface area contributed by atoms with E-state index in [4.69, 9.17) is 0 Å². The third-order valence-corrected chi connectivity index (χ3v) is 3.80. The van der Waals surface area contributed by atoms with Crippen LogP contribution in [0.1, 0.15) is 9.67 Å². The number of hydrogen-bond acceptors (Lipinski definition) is 4. The SMILES string of the molecule is CN(C)[C@@H]1CN(C(=O)c2cccs2)C[C@H]1O. The van der Waals surface area contributed by atoms with Gasteiger partial charge in [0.2, 0.25) is 0 Å². The number of carbonyl (C=O) groups excluding carboxylic acids is 1. The van der Waals surface area contributed by atoms with Crippen LogP contribution in [0.15, 0.2) is 17.5 Å². The Morgan fingerprint density at radius 2 is 2.31 bits per heavy atom. The number of thiophene rings is 1. The van der Waals surface area contributed by atoms with E-state index < -0.39 is 6.10 Å². The lowest BCUT2D eigenvalue weighted by Gasteiger charge is -2.21. The van der Waals surface area contributed by atoms with Crippen LogP contribution in [0.4, 0.5) is 0 Å². The summed E-state index contributed by atoms with van der Waals surface area (Å²) in [5.41, 5.74) is 0. The summed E-state index contributed by atoms with van der Waals surface area (Å²) < 4.78 is 0. The van der Waals surface area contributed by atoms with Crippen LogP contribution in [-0.4, -0.2) is 60.1 Å². The zero-order chi connectivity index (χ0) is 11.7. The summed E-state index contributed by atoms with van der Waals surface area (Å²) in [6.07, 6.45) is -0.445. The Kier molecular flexibility index (Phi) is 3.28. The Hall–Kier alpha value is -0.910. The third kappa shape index (κ3) is 2.11. The van der Waals surface area contributed by atoms with Crippen molar-refractivity contribution in [1.29, 1.82) is 0 Å². The van der Waals surface area contributed by atoms with Gasteiger partial charge in [0.15, 0.2) is 0 Å². The second-order valence-corrected chi connectivity index (χ2v) is 5.23. The standard InChI is InChI=1S/C11H16N2O2S/c1-12(2)8-6-13(7-9(8)14)11(15)10-4-3-5-16-10/h3-5,8-9,14H,6-7H2,1-2H3/t8-,9-/m1/s1. The predicted molar refractivity (Wildman–Crippen MR) is 63.7 cm³/mol. The molecule has 2 atom stereocenters. The van der Waals surface area contributed by atoms with Crippen LogP contribution in [0.5, 0.6) is 0 Å². The van der Waals surface area contributed by atoms with E-state index >= 15 is 0 Å². The molecule has 88 valence electrons. The van der Waals surface area contributed by atoms with Crippen molar-refractivity contribution in [3.63, 3.8) is 0 Å². The zero-order valence-corrected chi connectivity index (χ0v) is 10.3. The summed E-state index contributed by atoms with van der Waals surface area (Å²) in [4.78, 5) is 16.5. The van der Waals surface area contributed by atoms with Crippen LogP contribution in [-0.2, 0) is 0 Å². The minimum absolute atomic E-state index is 0.0263. The quantitative estimate of drug-likeness (QED) is 0.818. The van der Waals surface area contributed by atoms with Crippen LogP contribution in [0.25, 0.3) is 0 Å². The van der Waals surface area contributed by atoms with Crippen molar-refractivity contribution < 1.29 is 9.90 Å². The van der Waals surface area contributed by atoms with Gasteiger partial charge in [0.05, 0.1) is 17.0 Å². The van der Waals surface area contributed by atoms with Crippen molar-refractivity contribution in [3.8, 4) is 0 Å². The van der Waals surface area contributed by atoms with Gasteiger partial charge < -0.3 is 14.9 Å². The van der Waals surface area contributed by atoms with Crippen molar-refractivity contribution >= 4 is 17.2 Å². The van der Waals surface area contributed by atoms with Crippen LogP contribution in [0.3, 0.4) is 0 Å². The molecule has 2 heterocycles. The Morgan fingerprint density at radius 3 is 2.81 bits per heavy atom. The number of likely N-dealkylation sites (N-methyl/N-ethyl adjacent to an activating group) is 1. The minimum atomic E-state index is -0.445. The van der Waals surface area contributed by atoms with Crippen molar-refractivity contribution in [2.45, 2.75) is 12.1 Å². The molecule has 0 unspecified atom stereocenters. The number of β-amino-alcohol motifs (C(OH)–C–C–N with tert-alkyl or cyclic N) is 1. The van der Waals surface area contributed by atoms with Crippen molar-refractivity contribution in [2.24, 2.45) is 0 Å². The van der Waals surface area contributed by atoms with Gasteiger partial charge in [-0.05, 0) is 25.5 Å². The molecule has 2 rings (SSSR count). The highest BCUT2D eigenvalue weighted by atomic mass is 32.1. The summed E-state index contributed by atoms with van der Waals surface area (Å²) in [6, 6.07) is 3.74. The maximum atomic E-state index is 12.0. The topological polar surface area (TPSA) is 43.8 Å². The smallest absolute Gasteiger partial charge is 0.264 e. The first-order valence-corrected chi connectivity index (χ1v) is 6.15.